The highest BCUT2D eigenvalue weighted by Gasteiger charge is 2.24. The van der Waals surface area contributed by atoms with Crippen molar-refractivity contribution in [2.75, 3.05) is 31.1 Å². The molecule has 4 rings (SSSR count). The normalized spacial score (nSPS) is 25.0. The van der Waals surface area contributed by atoms with Crippen molar-refractivity contribution >= 4 is 16.6 Å². The first kappa shape index (κ1) is 30.1. The average molecular weight is 537 g/mol. The summed E-state index contributed by atoms with van der Waals surface area (Å²) < 4.78 is 0. The molecule has 1 N–H and O–H groups in total. The van der Waals surface area contributed by atoms with Gasteiger partial charge in [-0.25, -0.2) is 4.98 Å². The maximum Gasteiger partial charge on any atom is 0.258 e. The topological polar surface area (TPSA) is 52.2 Å². The van der Waals surface area contributed by atoms with Gasteiger partial charge in [0.15, 0.2) is 0 Å². The molecule has 0 radical (unpaired) electrons. The first-order chi connectivity index (χ1) is 19.3. The molecule has 5 heteroatoms. The second-order valence-electron chi connectivity index (χ2n) is 12.4. The Hall–Kier alpha value is -1.88. The van der Waals surface area contributed by atoms with Crippen molar-refractivity contribution in [1.82, 2.24) is 14.9 Å². The first-order valence-corrected chi connectivity index (χ1v) is 16.8. The predicted molar refractivity (Wildman–Crippen MR) is 167 cm³/mol. The molecule has 39 heavy (non-hydrogen) atoms. The Morgan fingerprint density at radius 1 is 0.615 bits per heavy atom. The smallest absolute Gasteiger partial charge is 0.258 e. The molecule has 5 nitrogen and oxygen atoms in total. The number of fused-ring (bicyclic) bond motifs is 4. The molecule has 2 fully saturated rings. The van der Waals surface area contributed by atoms with Gasteiger partial charge in [0.1, 0.15) is 0 Å². The summed E-state index contributed by atoms with van der Waals surface area (Å²) in [4.78, 5) is 25.0. The fraction of sp³-hybridized carbons (Fsp3) is 0.765. The zero-order valence-electron chi connectivity index (χ0n) is 24.8. The van der Waals surface area contributed by atoms with Crippen LogP contribution in [0.4, 0.5) is 5.69 Å². The van der Waals surface area contributed by atoms with E-state index in [0.29, 0.717) is 11.4 Å². The quantitative estimate of drug-likeness (QED) is 0.396. The van der Waals surface area contributed by atoms with Crippen LogP contribution in [-0.2, 0) is 0 Å². The van der Waals surface area contributed by atoms with Crippen LogP contribution in [0.15, 0.2) is 29.3 Å². The van der Waals surface area contributed by atoms with Crippen LogP contribution in [0, 0.1) is 0 Å². The van der Waals surface area contributed by atoms with Crippen molar-refractivity contribution in [3.8, 4) is 0 Å². The van der Waals surface area contributed by atoms with E-state index < -0.39 is 0 Å². The van der Waals surface area contributed by atoms with Crippen molar-refractivity contribution < 1.29 is 0 Å². The van der Waals surface area contributed by atoms with E-state index in [2.05, 4.69) is 31.9 Å². The Morgan fingerprint density at radius 3 is 1.79 bits per heavy atom. The molecule has 0 saturated carbocycles. The molecule has 0 aliphatic carbocycles. The van der Waals surface area contributed by atoms with Crippen molar-refractivity contribution in [2.45, 2.75) is 141 Å². The number of hydrogen-bond acceptors (Lipinski definition) is 4. The highest BCUT2D eigenvalue weighted by atomic mass is 16.1. The van der Waals surface area contributed by atoms with Crippen molar-refractivity contribution in [1.29, 1.82) is 0 Å². The average Bonchev–Trinajstić information content (AvgIpc) is 3.15. The number of aromatic nitrogens is 2. The largest absolute Gasteiger partial charge is 0.367 e. The summed E-state index contributed by atoms with van der Waals surface area (Å²) in [7, 11) is 0. The summed E-state index contributed by atoms with van der Waals surface area (Å²) in [5, 5.41) is 0.709. The summed E-state index contributed by atoms with van der Waals surface area (Å²) in [5.74, 6) is 0. The van der Waals surface area contributed by atoms with E-state index in [-0.39, 0.29) is 5.56 Å². The van der Waals surface area contributed by atoms with Gasteiger partial charge >= 0.3 is 0 Å². The highest BCUT2D eigenvalue weighted by Crippen LogP contribution is 2.27. The van der Waals surface area contributed by atoms with Crippen molar-refractivity contribution in [3.63, 3.8) is 0 Å². The number of nitrogens with one attached hydrogen (secondary N) is 1. The van der Waals surface area contributed by atoms with E-state index >= 15 is 0 Å². The fourth-order valence-corrected chi connectivity index (χ4v) is 6.85. The van der Waals surface area contributed by atoms with E-state index in [1.54, 1.807) is 0 Å². The van der Waals surface area contributed by atoms with Gasteiger partial charge < -0.3 is 14.8 Å². The van der Waals surface area contributed by atoms with Crippen LogP contribution >= 0.6 is 0 Å². The number of anilines is 1. The van der Waals surface area contributed by atoms with Gasteiger partial charge in [-0.05, 0) is 44.0 Å². The molecule has 2 atom stereocenters. The van der Waals surface area contributed by atoms with E-state index in [1.807, 2.05) is 6.07 Å². The monoisotopic (exact) mass is 536 g/mol. The van der Waals surface area contributed by atoms with Crippen LogP contribution in [0.3, 0.4) is 0 Å². The summed E-state index contributed by atoms with van der Waals surface area (Å²) in [6.07, 6.45) is 30.9. The second kappa shape index (κ2) is 17.7. The lowest BCUT2D eigenvalue weighted by molar-refractivity contribution is 0.281. The summed E-state index contributed by atoms with van der Waals surface area (Å²) >= 11 is 0. The second-order valence-corrected chi connectivity index (χ2v) is 12.4. The number of nitrogens with zero attached hydrogens (tertiary/aromatic N) is 3. The number of H-pyrrole nitrogens is 1. The molecule has 2 aliphatic heterocycles. The number of rotatable bonds is 1. The van der Waals surface area contributed by atoms with Crippen LogP contribution in [0.25, 0.3) is 10.9 Å². The zero-order chi connectivity index (χ0) is 27.0. The lowest BCUT2D eigenvalue weighted by Crippen LogP contribution is -2.36. The van der Waals surface area contributed by atoms with Crippen molar-refractivity contribution in [2.24, 2.45) is 0 Å². The van der Waals surface area contributed by atoms with Crippen LogP contribution < -0.4 is 10.5 Å². The number of hydrogen-bond donors (Lipinski definition) is 1. The van der Waals surface area contributed by atoms with E-state index in [4.69, 9.17) is 0 Å². The van der Waals surface area contributed by atoms with Gasteiger partial charge in [-0.1, -0.05) is 116 Å². The Bertz CT molecular complexity index is 989. The van der Waals surface area contributed by atoms with E-state index in [9.17, 15) is 4.79 Å². The minimum Gasteiger partial charge on any atom is -0.367 e. The minimum absolute atomic E-state index is 0.0352. The standard InChI is InChI=1S/C34H56N4O/c39-34-32-28-31(21-22-33(32)35-29-36-34)38-27-26-37-24-19-17-15-13-11-9-7-5-3-1-2-4-6-8-10-12-14-16-18-20-30(38)23-25-37/h21-22,28-30H,1-20,23-27H2,(H,35,36,39). The zero-order valence-corrected chi connectivity index (χ0v) is 24.8. The molecule has 1 aromatic carbocycles. The molecule has 1 aromatic heterocycles. The number of aromatic amines is 1. The van der Waals surface area contributed by atoms with Crippen LogP contribution in [0.5, 0.6) is 0 Å². The Morgan fingerprint density at radius 2 is 1.18 bits per heavy atom. The summed E-state index contributed by atoms with van der Waals surface area (Å²) in [6.45, 7) is 4.62. The maximum absolute atomic E-state index is 12.5. The molecule has 0 spiro atoms. The van der Waals surface area contributed by atoms with Gasteiger partial charge in [0, 0.05) is 31.4 Å². The Labute approximate surface area is 238 Å². The van der Waals surface area contributed by atoms with Crippen molar-refractivity contribution in [3.05, 3.63) is 34.9 Å². The molecular weight excluding hydrogens is 480 g/mol. The molecular formula is C34H56N4O. The van der Waals surface area contributed by atoms with Gasteiger partial charge in [0.25, 0.3) is 5.56 Å². The molecule has 2 unspecified atom stereocenters. The lowest BCUT2D eigenvalue weighted by atomic mass is 10.0. The van der Waals surface area contributed by atoms with E-state index in [0.717, 1.165) is 18.6 Å². The SMILES string of the molecule is O=c1[nH]cnc2ccc(N3CCN4CCCCCCCCCCCCCCCCCCCCCC3CC4)cc12. The third-order valence-corrected chi connectivity index (χ3v) is 9.34. The van der Waals surface area contributed by atoms with Gasteiger partial charge in [0.2, 0.25) is 0 Å². The third kappa shape index (κ3) is 10.6. The van der Waals surface area contributed by atoms with Crippen LogP contribution in [0.1, 0.15) is 135 Å². The molecule has 2 aromatic rings. The molecule has 218 valence electrons. The third-order valence-electron chi connectivity index (χ3n) is 9.34. The molecule has 0 amide bonds. The van der Waals surface area contributed by atoms with Gasteiger partial charge in [0.05, 0.1) is 17.2 Å². The fourth-order valence-electron chi connectivity index (χ4n) is 6.85. The molecule has 3 heterocycles. The predicted octanol–water partition coefficient (Wildman–Crippen LogP) is 8.62. The summed E-state index contributed by atoms with van der Waals surface area (Å²) in [5.41, 5.74) is 1.95. The van der Waals surface area contributed by atoms with E-state index in [1.165, 1.54) is 160 Å². The summed E-state index contributed by atoms with van der Waals surface area (Å²) in [6, 6.07) is 6.86. The molecule has 2 aliphatic rings. The lowest BCUT2D eigenvalue weighted by Gasteiger charge is -2.32. The molecule has 2 saturated heterocycles. The van der Waals surface area contributed by atoms with Gasteiger partial charge in [-0.15, -0.1) is 0 Å². The Kier molecular flexibility index (Phi) is 13.7. The Balaban J connectivity index is 1.35. The minimum atomic E-state index is -0.0352. The number of benzene rings is 1. The maximum atomic E-state index is 12.5. The first-order valence-electron chi connectivity index (χ1n) is 16.8. The highest BCUT2D eigenvalue weighted by molar-refractivity contribution is 5.81. The van der Waals surface area contributed by atoms with Crippen LogP contribution in [-0.4, -0.2) is 47.1 Å². The van der Waals surface area contributed by atoms with Crippen LogP contribution in [0.2, 0.25) is 0 Å². The molecule has 2 bridgehead atoms. The van der Waals surface area contributed by atoms with Gasteiger partial charge in [-0.3, -0.25) is 4.79 Å². The van der Waals surface area contributed by atoms with Gasteiger partial charge in [-0.2, -0.15) is 0 Å².